The molecule has 1 heterocycles. The molecule has 0 fully saturated rings. The summed E-state index contributed by atoms with van der Waals surface area (Å²) in [5.41, 5.74) is 2.86. The molecule has 3 aromatic rings. The van der Waals surface area contributed by atoms with Gasteiger partial charge in [-0.15, -0.1) is 10.2 Å². The van der Waals surface area contributed by atoms with Gasteiger partial charge < -0.3 is 9.88 Å². The van der Waals surface area contributed by atoms with Gasteiger partial charge in [-0.05, 0) is 50.2 Å². The largest absolute Gasteiger partial charge is 0.325 e. The van der Waals surface area contributed by atoms with Crippen molar-refractivity contribution in [1.29, 1.82) is 0 Å². The van der Waals surface area contributed by atoms with Crippen molar-refractivity contribution in [3.8, 4) is 11.4 Å². The molecular weight excluding hydrogens is 368 g/mol. The van der Waals surface area contributed by atoms with Gasteiger partial charge in [0, 0.05) is 23.3 Å². The molecule has 0 aliphatic rings. The molecular formula is C19H19ClN4OS. The zero-order chi connectivity index (χ0) is 18.7. The first-order valence-corrected chi connectivity index (χ1v) is 9.39. The van der Waals surface area contributed by atoms with Crippen molar-refractivity contribution >= 4 is 35.0 Å². The third-order valence-corrected chi connectivity index (χ3v) is 5.29. The van der Waals surface area contributed by atoms with Gasteiger partial charge in [-0.2, -0.15) is 0 Å². The number of hydrogen-bond donors (Lipinski definition) is 1. The summed E-state index contributed by atoms with van der Waals surface area (Å²) in [6.07, 6.45) is 0. The summed E-state index contributed by atoms with van der Waals surface area (Å²) in [6.45, 7) is 3.86. The maximum atomic E-state index is 12.4. The number of anilines is 1. The maximum absolute atomic E-state index is 12.4. The average Bonchev–Trinajstić information content (AvgIpc) is 2.98. The molecule has 2 aromatic carbocycles. The number of carbonyl (C=O) groups is 1. The second kappa shape index (κ2) is 7.93. The Hall–Kier alpha value is -2.31. The number of thioether (sulfide) groups is 1. The molecule has 0 bridgehead atoms. The van der Waals surface area contributed by atoms with Gasteiger partial charge in [0.15, 0.2) is 11.0 Å². The number of carbonyl (C=O) groups excluding carboxylic acids is 1. The molecule has 1 atom stereocenters. The van der Waals surface area contributed by atoms with E-state index >= 15 is 0 Å². The van der Waals surface area contributed by atoms with Crippen LogP contribution in [0.4, 0.5) is 5.69 Å². The Bertz CT molecular complexity index is 906. The van der Waals surface area contributed by atoms with E-state index in [1.165, 1.54) is 11.8 Å². The third-order valence-electron chi connectivity index (χ3n) is 3.91. The number of halogens is 1. The predicted molar refractivity (Wildman–Crippen MR) is 107 cm³/mol. The van der Waals surface area contributed by atoms with Gasteiger partial charge in [0.1, 0.15) is 0 Å². The number of benzene rings is 2. The predicted octanol–water partition coefficient (Wildman–Crippen LogP) is 4.56. The first-order valence-electron chi connectivity index (χ1n) is 8.13. The summed E-state index contributed by atoms with van der Waals surface area (Å²) in [7, 11) is 1.89. The Balaban J connectivity index is 1.69. The van der Waals surface area contributed by atoms with E-state index in [-0.39, 0.29) is 11.2 Å². The van der Waals surface area contributed by atoms with Crippen LogP contribution >= 0.6 is 23.4 Å². The van der Waals surface area contributed by atoms with E-state index in [9.17, 15) is 4.79 Å². The highest BCUT2D eigenvalue weighted by Gasteiger charge is 2.19. The van der Waals surface area contributed by atoms with Gasteiger partial charge in [0.05, 0.1) is 5.25 Å². The number of rotatable bonds is 5. The van der Waals surface area contributed by atoms with Crippen molar-refractivity contribution in [2.75, 3.05) is 5.32 Å². The summed E-state index contributed by atoms with van der Waals surface area (Å²) in [5, 5.41) is 12.4. The van der Waals surface area contributed by atoms with Crippen LogP contribution in [0.25, 0.3) is 11.4 Å². The van der Waals surface area contributed by atoms with Crippen molar-refractivity contribution in [3.05, 3.63) is 59.1 Å². The fourth-order valence-electron chi connectivity index (χ4n) is 2.36. The number of hydrogen-bond acceptors (Lipinski definition) is 4. The van der Waals surface area contributed by atoms with Crippen LogP contribution in [0.2, 0.25) is 5.02 Å². The van der Waals surface area contributed by atoms with E-state index in [1.807, 2.05) is 74.0 Å². The summed E-state index contributed by atoms with van der Waals surface area (Å²) < 4.78 is 1.88. The number of nitrogens with one attached hydrogen (secondary N) is 1. The molecule has 0 saturated carbocycles. The Morgan fingerprint density at radius 1 is 1.12 bits per heavy atom. The standard InChI is InChI=1S/C19H19ClN4OS/c1-12-4-10-16(11-5-12)21-18(25)13(2)26-19-23-22-17(24(19)3)14-6-8-15(20)9-7-14/h4-11,13H,1-3H3,(H,21,25)/t13-/m0/s1. The van der Waals surface area contributed by atoms with E-state index in [0.29, 0.717) is 10.2 Å². The van der Waals surface area contributed by atoms with Crippen molar-refractivity contribution < 1.29 is 4.79 Å². The molecule has 0 spiro atoms. The lowest BCUT2D eigenvalue weighted by Gasteiger charge is -2.12. The molecule has 1 amide bonds. The van der Waals surface area contributed by atoms with E-state index in [1.54, 1.807) is 0 Å². The average molecular weight is 387 g/mol. The van der Waals surface area contributed by atoms with Gasteiger partial charge in [0.25, 0.3) is 0 Å². The molecule has 0 aliphatic heterocycles. The monoisotopic (exact) mass is 386 g/mol. The van der Waals surface area contributed by atoms with Crippen LogP contribution in [0.1, 0.15) is 12.5 Å². The minimum Gasteiger partial charge on any atom is -0.325 e. The molecule has 134 valence electrons. The van der Waals surface area contributed by atoms with Gasteiger partial charge in [-0.25, -0.2) is 0 Å². The lowest BCUT2D eigenvalue weighted by Crippen LogP contribution is -2.22. The Labute approximate surface area is 161 Å². The lowest BCUT2D eigenvalue weighted by molar-refractivity contribution is -0.115. The van der Waals surface area contributed by atoms with Crippen molar-refractivity contribution in [2.24, 2.45) is 7.05 Å². The van der Waals surface area contributed by atoms with Gasteiger partial charge in [0.2, 0.25) is 5.91 Å². The zero-order valence-corrected chi connectivity index (χ0v) is 16.3. The van der Waals surface area contributed by atoms with Gasteiger partial charge in [-0.1, -0.05) is 41.1 Å². The van der Waals surface area contributed by atoms with Crippen LogP contribution in [0.15, 0.2) is 53.7 Å². The van der Waals surface area contributed by atoms with Crippen LogP contribution in [-0.4, -0.2) is 25.9 Å². The van der Waals surface area contributed by atoms with E-state index in [4.69, 9.17) is 11.6 Å². The number of nitrogens with zero attached hydrogens (tertiary/aromatic N) is 3. The SMILES string of the molecule is Cc1ccc(NC(=O)[C@H](C)Sc2nnc(-c3ccc(Cl)cc3)n2C)cc1. The topological polar surface area (TPSA) is 59.8 Å². The molecule has 26 heavy (non-hydrogen) atoms. The summed E-state index contributed by atoms with van der Waals surface area (Å²) in [5.74, 6) is 0.658. The minimum atomic E-state index is -0.308. The minimum absolute atomic E-state index is 0.0742. The third kappa shape index (κ3) is 4.26. The Morgan fingerprint density at radius 3 is 2.42 bits per heavy atom. The fourth-order valence-corrected chi connectivity index (χ4v) is 3.30. The van der Waals surface area contributed by atoms with Crippen LogP contribution in [-0.2, 0) is 11.8 Å². The van der Waals surface area contributed by atoms with E-state index in [0.717, 1.165) is 22.6 Å². The second-order valence-corrected chi connectivity index (χ2v) is 7.73. The van der Waals surface area contributed by atoms with Gasteiger partial charge in [-0.3, -0.25) is 4.79 Å². The molecule has 5 nitrogen and oxygen atoms in total. The Morgan fingerprint density at radius 2 is 1.77 bits per heavy atom. The summed E-state index contributed by atoms with van der Waals surface area (Å²) in [6, 6.07) is 15.1. The first-order chi connectivity index (χ1) is 12.4. The fraction of sp³-hybridized carbons (Fsp3) is 0.211. The second-order valence-electron chi connectivity index (χ2n) is 5.99. The summed E-state index contributed by atoms with van der Waals surface area (Å²) >= 11 is 7.30. The molecule has 1 N–H and O–H groups in total. The molecule has 0 aliphatic carbocycles. The molecule has 7 heteroatoms. The zero-order valence-electron chi connectivity index (χ0n) is 14.7. The van der Waals surface area contributed by atoms with Crippen LogP contribution < -0.4 is 5.32 Å². The van der Waals surface area contributed by atoms with Crippen molar-refractivity contribution in [2.45, 2.75) is 24.3 Å². The lowest BCUT2D eigenvalue weighted by atomic mass is 10.2. The molecule has 1 aromatic heterocycles. The highest BCUT2D eigenvalue weighted by molar-refractivity contribution is 8.00. The van der Waals surface area contributed by atoms with Gasteiger partial charge >= 0.3 is 0 Å². The van der Waals surface area contributed by atoms with Crippen LogP contribution in [0.5, 0.6) is 0 Å². The molecule has 3 rings (SSSR count). The molecule has 0 saturated heterocycles. The van der Waals surface area contributed by atoms with E-state index in [2.05, 4.69) is 15.5 Å². The summed E-state index contributed by atoms with van der Waals surface area (Å²) in [4.78, 5) is 12.4. The number of aromatic nitrogens is 3. The maximum Gasteiger partial charge on any atom is 0.237 e. The quantitative estimate of drug-likeness (QED) is 0.653. The number of amides is 1. The number of aryl methyl sites for hydroxylation is 1. The smallest absolute Gasteiger partial charge is 0.237 e. The van der Waals surface area contributed by atoms with Crippen LogP contribution in [0.3, 0.4) is 0 Å². The molecule has 0 radical (unpaired) electrons. The Kier molecular flexibility index (Phi) is 5.64. The van der Waals surface area contributed by atoms with Crippen molar-refractivity contribution in [3.63, 3.8) is 0 Å². The van der Waals surface area contributed by atoms with Crippen molar-refractivity contribution in [1.82, 2.24) is 14.8 Å². The highest BCUT2D eigenvalue weighted by Crippen LogP contribution is 2.27. The first kappa shape index (κ1) is 18.5. The van der Waals surface area contributed by atoms with E-state index < -0.39 is 0 Å². The normalized spacial score (nSPS) is 12.0. The highest BCUT2D eigenvalue weighted by atomic mass is 35.5. The van der Waals surface area contributed by atoms with Crippen LogP contribution in [0, 0.1) is 6.92 Å². The molecule has 0 unspecified atom stereocenters.